The Morgan fingerprint density at radius 2 is 1.92 bits per heavy atom. The van der Waals surface area contributed by atoms with Gasteiger partial charge in [-0.2, -0.15) is 0 Å². The maximum absolute atomic E-state index is 11.4. The largest absolute Gasteiger partial charge is 0.474 e. The molecule has 6 heteroatoms. The lowest BCUT2D eigenvalue weighted by atomic mass is 9.85. The van der Waals surface area contributed by atoms with Gasteiger partial charge in [0.1, 0.15) is 6.10 Å². The van der Waals surface area contributed by atoms with Gasteiger partial charge in [0.05, 0.1) is 12.8 Å². The summed E-state index contributed by atoms with van der Waals surface area (Å²) < 4.78 is 10.7. The number of aldehydes is 1. The van der Waals surface area contributed by atoms with Crippen molar-refractivity contribution >= 4 is 12.3 Å². The third kappa shape index (κ3) is 4.65. The average Bonchev–Trinajstić information content (AvgIpc) is 2.70. The third-order valence-corrected chi connectivity index (χ3v) is 4.72. The number of nitrogens with zero attached hydrogens (tertiary/aromatic N) is 2. The van der Waals surface area contributed by atoms with E-state index in [0.717, 1.165) is 43.2 Å². The van der Waals surface area contributed by atoms with E-state index >= 15 is 0 Å². The van der Waals surface area contributed by atoms with Crippen LogP contribution in [0.4, 0.5) is 0 Å². The second-order valence-corrected chi connectivity index (χ2v) is 6.52. The van der Waals surface area contributed by atoms with E-state index in [1.54, 1.807) is 24.5 Å². The summed E-state index contributed by atoms with van der Waals surface area (Å²) in [6.45, 7) is 0. The van der Waals surface area contributed by atoms with Crippen molar-refractivity contribution in [2.24, 2.45) is 5.92 Å². The Morgan fingerprint density at radius 1 is 1.12 bits per heavy atom. The van der Waals surface area contributed by atoms with Crippen molar-refractivity contribution in [3.05, 3.63) is 42.2 Å². The van der Waals surface area contributed by atoms with Gasteiger partial charge in [-0.25, -0.2) is 4.98 Å². The van der Waals surface area contributed by atoms with E-state index in [0.29, 0.717) is 23.8 Å². The van der Waals surface area contributed by atoms with Crippen molar-refractivity contribution in [1.82, 2.24) is 9.97 Å². The van der Waals surface area contributed by atoms with Crippen molar-refractivity contribution in [3.63, 3.8) is 0 Å². The predicted molar refractivity (Wildman–Crippen MR) is 95.9 cm³/mol. The molecule has 0 saturated heterocycles. The molecule has 2 aromatic heterocycles. The fraction of sp³-hybridized carbons (Fsp3) is 0.400. The fourth-order valence-corrected chi connectivity index (χ4v) is 3.19. The summed E-state index contributed by atoms with van der Waals surface area (Å²) in [4.78, 5) is 30.7. The van der Waals surface area contributed by atoms with Crippen LogP contribution in [-0.2, 0) is 9.53 Å². The summed E-state index contributed by atoms with van der Waals surface area (Å²) in [5, 5.41) is 0. The van der Waals surface area contributed by atoms with Gasteiger partial charge >= 0.3 is 5.97 Å². The van der Waals surface area contributed by atoms with Gasteiger partial charge in [-0.1, -0.05) is 0 Å². The van der Waals surface area contributed by atoms with Gasteiger partial charge in [0, 0.05) is 36.0 Å². The summed E-state index contributed by atoms with van der Waals surface area (Å²) in [5.74, 6) is 0.842. The minimum atomic E-state index is -0.138. The van der Waals surface area contributed by atoms with E-state index in [1.807, 2.05) is 12.1 Å². The van der Waals surface area contributed by atoms with Crippen molar-refractivity contribution < 1.29 is 19.1 Å². The zero-order valence-corrected chi connectivity index (χ0v) is 14.8. The van der Waals surface area contributed by atoms with Crippen molar-refractivity contribution in [1.29, 1.82) is 0 Å². The first-order valence-electron chi connectivity index (χ1n) is 8.79. The lowest BCUT2D eigenvalue weighted by molar-refractivity contribution is -0.142. The molecular formula is C20H22N2O4. The molecule has 0 spiro atoms. The number of methoxy groups -OCH3 is 1. The van der Waals surface area contributed by atoms with E-state index in [1.165, 1.54) is 7.11 Å². The van der Waals surface area contributed by atoms with Gasteiger partial charge in [-0.05, 0) is 49.8 Å². The van der Waals surface area contributed by atoms with E-state index in [9.17, 15) is 9.59 Å². The van der Waals surface area contributed by atoms with Crippen LogP contribution in [0.25, 0.3) is 11.3 Å². The van der Waals surface area contributed by atoms with Crippen LogP contribution >= 0.6 is 0 Å². The minimum Gasteiger partial charge on any atom is -0.474 e. The lowest BCUT2D eigenvalue weighted by Gasteiger charge is -2.28. The predicted octanol–water partition coefficient (Wildman–Crippen LogP) is 3.46. The third-order valence-electron chi connectivity index (χ3n) is 4.72. The highest BCUT2D eigenvalue weighted by Crippen LogP contribution is 2.29. The molecule has 1 fully saturated rings. The van der Waals surface area contributed by atoms with E-state index < -0.39 is 0 Å². The molecule has 0 radical (unpaired) electrons. The topological polar surface area (TPSA) is 78.4 Å². The smallest absolute Gasteiger partial charge is 0.305 e. The van der Waals surface area contributed by atoms with Crippen LogP contribution in [0, 0.1) is 5.92 Å². The summed E-state index contributed by atoms with van der Waals surface area (Å²) >= 11 is 0. The maximum Gasteiger partial charge on any atom is 0.305 e. The Bertz CT molecular complexity index is 735. The van der Waals surface area contributed by atoms with Crippen LogP contribution in [-0.4, -0.2) is 35.4 Å². The molecule has 1 aliphatic rings. The van der Waals surface area contributed by atoms with Crippen molar-refractivity contribution in [2.75, 3.05) is 7.11 Å². The van der Waals surface area contributed by atoms with Crippen LogP contribution in [0.2, 0.25) is 0 Å². The molecule has 26 heavy (non-hydrogen) atoms. The quantitative estimate of drug-likeness (QED) is 0.584. The Balaban J connectivity index is 1.53. The molecule has 0 bridgehead atoms. The van der Waals surface area contributed by atoms with Gasteiger partial charge in [-0.3, -0.25) is 14.6 Å². The first-order chi connectivity index (χ1) is 12.7. The standard InChI is InChI=1S/C20H22N2O4/c1-25-20(24)10-14-2-6-17(7-3-14)26-19-9-5-16(12-22-19)18-8-4-15(13-23)11-21-18/h4-5,8-9,11-14,17H,2-3,6-7,10H2,1H3. The monoisotopic (exact) mass is 354 g/mol. The lowest BCUT2D eigenvalue weighted by Crippen LogP contribution is -2.25. The zero-order chi connectivity index (χ0) is 18.4. The first kappa shape index (κ1) is 18.0. The summed E-state index contributed by atoms with van der Waals surface area (Å²) in [6.07, 6.45) is 8.42. The second kappa shape index (κ2) is 8.56. The van der Waals surface area contributed by atoms with E-state index in [-0.39, 0.29) is 12.1 Å². The summed E-state index contributed by atoms with van der Waals surface area (Å²) in [5.41, 5.74) is 2.18. The molecule has 1 saturated carbocycles. The molecule has 0 N–H and O–H groups in total. The SMILES string of the molecule is COC(=O)CC1CCC(Oc2ccc(-c3ccc(C=O)cn3)cn2)CC1. The van der Waals surface area contributed by atoms with Crippen LogP contribution in [0.3, 0.4) is 0 Å². The van der Waals surface area contributed by atoms with Crippen LogP contribution in [0.5, 0.6) is 5.88 Å². The molecule has 0 amide bonds. The minimum absolute atomic E-state index is 0.132. The number of hydrogen-bond donors (Lipinski definition) is 0. The molecule has 2 aromatic rings. The van der Waals surface area contributed by atoms with Crippen molar-refractivity contribution in [2.45, 2.75) is 38.2 Å². The highest BCUT2D eigenvalue weighted by molar-refractivity contribution is 5.75. The number of carbonyl (C=O) groups excluding carboxylic acids is 2. The molecule has 0 unspecified atom stereocenters. The summed E-state index contributed by atoms with van der Waals surface area (Å²) in [6, 6.07) is 7.27. The Hall–Kier alpha value is -2.76. The highest BCUT2D eigenvalue weighted by atomic mass is 16.5. The molecule has 3 rings (SSSR count). The van der Waals surface area contributed by atoms with Crippen LogP contribution < -0.4 is 4.74 Å². The first-order valence-corrected chi connectivity index (χ1v) is 8.79. The average molecular weight is 354 g/mol. The normalized spacial score (nSPS) is 19.6. The number of aromatic nitrogens is 2. The number of rotatable bonds is 6. The molecular weight excluding hydrogens is 332 g/mol. The van der Waals surface area contributed by atoms with Gasteiger partial charge in [-0.15, -0.1) is 0 Å². The van der Waals surface area contributed by atoms with Crippen LogP contribution in [0.15, 0.2) is 36.7 Å². The van der Waals surface area contributed by atoms with E-state index in [4.69, 9.17) is 9.47 Å². The molecule has 0 aromatic carbocycles. The highest BCUT2D eigenvalue weighted by Gasteiger charge is 2.24. The summed E-state index contributed by atoms with van der Waals surface area (Å²) in [7, 11) is 1.43. The van der Waals surface area contributed by atoms with Gasteiger partial charge in [0.2, 0.25) is 5.88 Å². The Morgan fingerprint density at radius 3 is 2.50 bits per heavy atom. The Kier molecular flexibility index (Phi) is 5.94. The fourth-order valence-electron chi connectivity index (χ4n) is 3.19. The molecule has 1 aliphatic carbocycles. The van der Waals surface area contributed by atoms with Gasteiger partial charge in [0.15, 0.2) is 6.29 Å². The number of esters is 1. The Labute approximate surface area is 152 Å². The maximum atomic E-state index is 11.4. The van der Waals surface area contributed by atoms with Crippen molar-refractivity contribution in [3.8, 4) is 17.1 Å². The number of pyridine rings is 2. The molecule has 6 nitrogen and oxygen atoms in total. The number of carbonyl (C=O) groups is 2. The zero-order valence-electron chi connectivity index (χ0n) is 14.8. The molecule has 136 valence electrons. The number of ether oxygens (including phenoxy) is 2. The van der Waals surface area contributed by atoms with E-state index in [2.05, 4.69) is 9.97 Å². The van der Waals surface area contributed by atoms with Gasteiger partial charge in [0.25, 0.3) is 0 Å². The van der Waals surface area contributed by atoms with Crippen LogP contribution in [0.1, 0.15) is 42.5 Å². The molecule has 0 atom stereocenters. The van der Waals surface area contributed by atoms with Gasteiger partial charge < -0.3 is 9.47 Å². The molecule has 0 aliphatic heterocycles. The second-order valence-electron chi connectivity index (χ2n) is 6.52. The number of hydrogen-bond acceptors (Lipinski definition) is 6. The molecule has 2 heterocycles.